The molecule has 7 heteroatoms. The van der Waals surface area contributed by atoms with Gasteiger partial charge in [0.05, 0.1) is 35.9 Å². The molecule has 1 atom stereocenters. The van der Waals surface area contributed by atoms with Gasteiger partial charge in [-0.05, 0) is 53.9 Å². The van der Waals surface area contributed by atoms with E-state index in [4.69, 9.17) is 26.3 Å². The molecule has 1 aliphatic heterocycles. The van der Waals surface area contributed by atoms with Crippen LogP contribution in [0.25, 0.3) is 0 Å². The van der Waals surface area contributed by atoms with Crippen LogP contribution in [0.15, 0.2) is 10.5 Å². The van der Waals surface area contributed by atoms with E-state index in [9.17, 15) is 4.79 Å². The van der Waals surface area contributed by atoms with Crippen molar-refractivity contribution in [3.63, 3.8) is 0 Å². The number of nitrogens with zero attached hydrogens (tertiary/aromatic N) is 1. The molecule has 0 radical (unpaired) electrons. The van der Waals surface area contributed by atoms with Crippen LogP contribution in [0, 0.1) is 11.3 Å². The summed E-state index contributed by atoms with van der Waals surface area (Å²) in [6, 6.07) is 3.83. The number of ether oxygens (including phenoxy) is 2. The number of rotatable bonds is 2. The highest BCUT2D eigenvalue weighted by molar-refractivity contribution is 9.10. The van der Waals surface area contributed by atoms with Gasteiger partial charge in [-0.25, -0.2) is 4.79 Å². The number of nitriles is 1. The number of anilines is 1. The SMILES string of the molecule is CC(C)(C)OC(=O)Nc1cc2c(c(Br)c1Cl)COC2CC#N. The molecule has 1 N–H and O–H groups in total. The van der Waals surface area contributed by atoms with E-state index in [2.05, 4.69) is 27.3 Å². The number of halogens is 2. The van der Waals surface area contributed by atoms with Gasteiger partial charge >= 0.3 is 6.09 Å². The van der Waals surface area contributed by atoms with E-state index in [0.717, 1.165) is 11.1 Å². The van der Waals surface area contributed by atoms with Crippen molar-refractivity contribution in [2.75, 3.05) is 5.32 Å². The Labute approximate surface area is 142 Å². The van der Waals surface area contributed by atoms with Gasteiger partial charge in [0.15, 0.2) is 0 Å². The van der Waals surface area contributed by atoms with Gasteiger partial charge in [0, 0.05) is 4.47 Å². The van der Waals surface area contributed by atoms with E-state index in [1.807, 2.05) is 0 Å². The summed E-state index contributed by atoms with van der Waals surface area (Å²) in [5, 5.41) is 11.9. The van der Waals surface area contributed by atoms with E-state index in [-0.39, 0.29) is 12.5 Å². The van der Waals surface area contributed by atoms with Gasteiger partial charge in [-0.2, -0.15) is 5.26 Å². The summed E-state index contributed by atoms with van der Waals surface area (Å²) in [7, 11) is 0. The monoisotopic (exact) mass is 386 g/mol. The van der Waals surface area contributed by atoms with Crippen LogP contribution in [0.4, 0.5) is 10.5 Å². The summed E-state index contributed by atoms with van der Waals surface area (Å²) in [5.41, 5.74) is 1.58. The number of hydrogen-bond acceptors (Lipinski definition) is 4. The summed E-state index contributed by atoms with van der Waals surface area (Å²) >= 11 is 9.70. The molecule has 118 valence electrons. The van der Waals surface area contributed by atoms with Gasteiger partial charge in [-0.1, -0.05) is 11.6 Å². The van der Waals surface area contributed by atoms with Crippen molar-refractivity contribution in [3.05, 3.63) is 26.7 Å². The Balaban J connectivity index is 2.30. The molecule has 0 saturated carbocycles. The molecule has 2 rings (SSSR count). The third-order valence-corrected chi connectivity index (χ3v) is 4.53. The summed E-state index contributed by atoms with van der Waals surface area (Å²) < 4.78 is 11.5. The third kappa shape index (κ3) is 3.72. The highest BCUT2D eigenvalue weighted by Gasteiger charge is 2.28. The molecule has 1 amide bonds. The van der Waals surface area contributed by atoms with Crippen molar-refractivity contribution in [2.24, 2.45) is 0 Å². The Morgan fingerprint density at radius 2 is 2.32 bits per heavy atom. The van der Waals surface area contributed by atoms with Crippen LogP contribution in [-0.4, -0.2) is 11.7 Å². The van der Waals surface area contributed by atoms with Gasteiger partial charge < -0.3 is 9.47 Å². The molecule has 0 bridgehead atoms. The van der Waals surface area contributed by atoms with Crippen LogP contribution < -0.4 is 5.32 Å². The number of carbonyl (C=O) groups is 1. The first-order chi connectivity index (χ1) is 10.2. The van der Waals surface area contributed by atoms with Crippen LogP contribution in [0.2, 0.25) is 5.02 Å². The quantitative estimate of drug-likeness (QED) is 0.780. The van der Waals surface area contributed by atoms with Crippen LogP contribution in [0.5, 0.6) is 0 Å². The summed E-state index contributed by atoms with van der Waals surface area (Å²) in [6.07, 6.45) is -0.655. The molecule has 22 heavy (non-hydrogen) atoms. The molecule has 1 unspecified atom stereocenters. The zero-order chi connectivity index (χ0) is 16.5. The summed E-state index contributed by atoms with van der Waals surface area (Å²) in [4.78, 5) is 11.9. The Morgan fingerprint density at radius 1 is 1.64 bits per heavy atom. The largest absolute Gasteiger partial charge is 0.444 e. The Kier molecular flexibility index (Phi) is 5.00. The molecular weight excluding hydrogens is 372 g/mol. The first kappa shape index (κ1) is 17.1. The lowest BCUT2D eigenvalue weighted by Gasteiger charge is -2.20. The molecule has 0 fully saturated rings. The Bertz CT molecular complexity index is 650. The van der Waals surface area contributed by atoms with E-state index < -0.39 is 11.7 Å². The molecule has 0 spiro atoms. The standard InChI is InChI=1S/C15H16BrClN2O3/c1-15(2,3)22-14(20)19-10-6-8-9(12(16)13(10)17)7-21-11(8)4-5-18/h6,11H,4,7H2,1-3H3,(H,19,20). The molecule has 0 aliphatic carbocycles. The van der Waals surface area contributed by atoms with Crippen molar-refractivity contribution >= 4 is 39.3 Å². The maximum absolute atomic E-state index is 11.9. The topological polar surface area (TPSA) is 71.3 Å². The second-order valence-electron chi connectivity index (χ2n) is 5.91. The van der Waals surface area contributed by atoms with Crippen molar-refractivity contribution in [2.45, 2.75) is 45.5 Å². The van der Waals surface area contributed by atoms with Crippen LogP contribution in [0.3, 0.4) is 0 Å². The summed E-state index contributed by atoms with van der Waals surface area (Å²) in [5.74, 6) is 0. The third-order valence-electron chi connectivity index (χ3n) is 3.03. The fraction of sp³-hybridized carbons (Fsp3) is 0.467. The Hall–Kier alpha value is -1.29. The number of nitrogens with one attached hydrogen (secondary N) is 1. The van der Waals surface area contributed by atoms with E-state index in [1.165, 1.54) is 0 Å². The molecule has 0 saturated heterocycles. The lowest BCUT2D eigenvalue weighted by atomic mass is 10.0. The smallest absolute Gasteiger partial charge is 0.412 e. The first-order valence-corrected chi connectivity index (χ1v) is 7.89. The fourth-order valence-electron chi connectivity index (χ4n) is 2.15. The number of hydrogen-bond donors (Lipinski definition) is 1. The number of carbonyl (C=O) groups excluding carboxylic acids is 1. The second-order valence-corrected chi connectivity index (χ2v) is 7.08. The van der Waals surface area contributed by atoms with Crippen LogP contribution in [0.1, 0.15) is 44.4 Å². The Morgan fingerprint density at radius 3 is 2.91 bits per heavy atom. The first-order valence-electron chi connectivity index (χ1n) is 6.72. The number of amides is 1. The number of fused-ring (bicyclic) bond motifs is 1. The van der Waals surface area contributed by atoms with Gasteiger partial charge in [0.1, 0.15) is 5.60 Å². The minimum Gasteiger partial charge on any atom is -0.444 e. The molecule has 1 aliphatic rings. The zero-order valence-corrected chi connectivity index (χ0v) is 14.8. The van der Waals surface area contributed by atoms with Crippen LogP contribution >= 0.6 is 27.5 Å². The minimum atomic E-state index is -0.600. The molecule has 1 heterocycles. The predicted octanol–water partition coefficient (Wildman–Crippen LogP) is 4.93. The normalized spacial score (nSPS) is 16.8. The molecule has 0 aromatic heterocycles. The van der Waals surface area contributed by atoms with E-state index in [1.54, 1.807) is 26.8 Å². The van der Waals surface area contributed by atoms with Crippen molar-refractivity contribution in [1.82, 2.24) is 0 Å². The van der Waals surface area contributed by atoms with E-state index >= 15 is 0 Å². The predicted molar refractivity (Wildman–Crippen MR) is 86.8 cm³/mol. The van der Waals surface area contributed by atoms with E-state index in [0.29, 0.717) is 21.8 Å². The maximum atomic E-state index is 11.9. The molecular formula is C15H16BrClN2O3. The maximum Gasteiger partial charge on any atom is 0.412 e. The van der Waals surface area contributed by atoms with Crippen LogP contribution in [-0.2, 0) is 16.1 Å². The van der Waals surface area contributed by atoms with Crippen molar-refractivity contribution in [1.29, 1.82) is 5.26 Å². The minimum absolute atomic E-state index is 0.243. The van der Waals surface area contributed by atoms with Gasteiger partial charge in [-0.3, -0.25) is 5.32 Å². The highest BCUT2D eigenvalue weighted by Crippen LogP contribution is 2.44. The second kappa shape index (κ2) is 6.45. The molecule has 1 aromatic rings. The van der Waals surface area contributed by atoms with Gasteiger partial charge in [-0.15, -0.1) is 0 Å². The highest BCUT2D eigenvalue weighted by atomic mass is 79.9. The average molecular weight is 388 g/mol. The lowest BCUT2D eigenvalue weighted by Crippen LogP contribution is -2.27. The summed E-state index contributed by atoms with van der Waals surface area (Å²) in [6.45, 7) is 5.73. The lowest BCUT2D eigenvalue weighted by molar-refractivity contribution is 0.0635. The van der Waals surface area contributed by atoms with Crippen molar-refractivity contribution in [3.8, 4) is 6.07 Å². The zero-order valence-electron chi connectivity index (χ0n) is 12.5. The average Bonchev–Trinajstić information content (AvgIpc) is 2.77. The van der Waals surface area contributed by atoms with Gasteiger partial charge in [0.2, 0.25) is 0 Å². The van der Waals surface area contributed by atoms with Crippen molar-refractivity contribution < 1.29 is 14.3 Å². The number of benzene rings is 1. The van der Waals surface area contributed by atoms with Gasteiger partial charge in [0.25, 0.3) is 0 Å². The fourth-order valence-corrected chi connectivity index (χ4v) is 2.92. The molecule has 1 aromatic carbocycles. The molecule has 5 nitrogen and oxygen atoms in total.